The molecule has 36 heavy (non-hydrogen) atoms. The Kier molecular flexibility index (Phi) is 10.4. The van der Waals surface area contributed by atoms with E-state index in [0.29, 0.717) is 23.7 Å². The first kappa shape index (κ1) is 27.8. The van der Waals surface area contributed by atoms with Crippen LogP contribution >= 0.6 is 23.4 Å². The number of nitrogens with zero attached hydrogens (tertiary/aromatic N) is 1. The Morgan fingerprint density at radius 1 is 0.889 bits per heavy atom. The molecule has 0 fully saturated rings. The summed E-state index contributed by atoms with van der Waals surface area (Å²) in [5.74, 6) is 0.834. The largest absolute Gasteiger partial charge is 0.352 e. The van der Waals surface area contributed by atoms with E-state index >= 15 is 0 Å². The van der Waals surface area contributed by atoms with Gasteiger partial charge in [-0.1, -0.05) is 83.4 Å². The highest BCUT2D eigenvalue weighted by Gasteiger charge is 2.30. The molecule has 1 atom stereocenters. The summed E-state index contributed by atoms with van der Waals surface area (Å²) >= 11 is 7.67. The lowest BCUT2D eigenvalue weighted by atomic mass is 10.0. The van der Waals surface area contributed by atoms with Gasteiger partial charge < -0.3 is 10.2 Å². The maximum absolute atomic E-state index is 13.7. The number of nitrogens with one attached hydrogen (secondary N) is 1. The van der Waals surface area contributed by atoms with Crippen molar-refractivity contribution in [3.8, 4) is 0 Å². The van der Waals surface area contributed by atoms with Crippen LogP contribution < -0.4 is 5.32 Å². The highest BCUT2D eigenvalue weighted by atomic mass is 35.5. The molecule has 3 rings (SSSR count). The van der Waals surface area contributed by atoms with Crippen molar-refractivity contribution in [2.24, 2.45) is 0 Å². The Morgan fingerprint density at radius 3 is 2.14 bits per heavy atom. The third-order valence-electron chi connectivity index (χ3n) is 5.74. The van der Waals surface area contributed by atoms with Crippen LogP contribution in [0.1, 0.15) is 41.7 Å². The van der Waals surface area contributed by atoms with Crippen molar-refractivity contribution in [1.29, 1.82) is 0 Å². The summed E-state index contributed by atoms with van der Waals surface area (Å²) in [5, 5.41) is 3.66. The number of carbonyl (C=O) groups is 2. The Balaban J connectivity index is 1.84. The molecule has 0 radical (unpaired) electrons. The zero-order valence-corrected chi connectivity index (χ0v) is 23.0. The summed E-state index contributed by atoms with van der Waals surface area (Å²) in [6.07, 6.45) is 0.445. The van der Waals surface area contributed by atoms with Gasteiger partial charge in [0, 0.05) is 29.8 Å². The lowest BCUT2D eigenvalue weighted by Gasteiger charge is -2.32. The predicted octanol–water partition coefficient (Wildman–Crippen LogP) is 6.35. The summed E-state index contributed by atoms with van der Waals surface area (Å²) in [5.41, 5.74) is 5.58. The quantitative estimate of drug-likeness (QED) is 0.319. The van der Waals surface area contributed by atoms with Crippen molar-refractivity contribution >= 4 is 35.2 Å². The summed E-state index contributed by atoms with van der Waals surface area (Å²) in [7, 11) is 0. The molecule has 3 aromatic rings. The average molecular weight is 523 g/mol. The number of benzene rings is 3. The van der Waals surface area contributed by atoms with Crippen LogP contribution in [0.5, 0.6) is 0 Å². The Morgan fingerprint density at radius 2 is 1.53 bits per heavy atom. The van der Waals surface area contributed by atoms with Crippen molar-refractivity contribution < 1.29 is 9.59 Å². The van der Waals surface area contributed by atoms with Crippen LogP contribution in [0.15, 0.2) is 72.8 Å². The summed E-state index contributed by atoms with van der Waals surface area (Å²) in [6, 6.07) is 23.1. The van der Waals surface area contributed by atoms with Crippen LogP contribution in [0.25, 0.3) is 0 Å². The third-order valence-corrected chi connectivity index (χ3v) is 6.98. The van der Waals surface area contributed by atoms with Gasteiger partial charge in [-0.05, 0) is 56.5 Å². The SMILES string of the molecule is Cc1cc(C)cc(CSCC(=O)N(Cc2ccc(Cl)cc2)C(Cc2ccccc2)C(=O)NC(C)C)c1. The third kappa shape index (κ3) is 8.72. The van der Waals surface area contributed by atoms with Gasteiger partial charge in [0.2, 0.25) is 11.8 Å². The number of aryl methyl sites for hydroxylation is 2. The highest BCUT2D eigenvalue weighted by Crippen LogP contribution is 2.20. The molecule has 1 N–H and O–H groups in total. The van der Waals surface area contributed by atoms with E-state index < -0.39 is 6.04 Å². The van der Waals surface area contributed by atoms with Crippen molar-refractivity contribution in [2.45, 2.75) is 58.5 Å². The molecule has 6 heteroatoms. The van der Waals surface area contributed by atoms with E-state index in [1.54, 1.807) is 16.7 Å². The molecule has 4 nitrogen and oxygen atoms in total. The molecule has 0 bridgehead atoms. The zero-order chi connectivity index (χ0) is 26.1. The van der Waals surface area contributed by atoms with Gasteiger partial charge in [-0.2, -0.15) is 0 Å². The molecule has 2 amide bonds. The first-order chi connectivity index (χ1) is 17.2. The summed E-state index contributed by atoms with van der Waals surface area (Å²) in [4.78, 5) is 28.8. The number of hydrogen-bond acceptors (Lipinski definition) is 3. The fourth-order valence-corrected chi connectivity index (χ4v) is 5.18. The summed E-state index contributed by atoms with van der Waals surface area (Å²) in [6.45, 7) is 8.37. The standard InChI is InChI=1S/C30H35ClN2O2S/c1-21(2)32-30(35)28(17-24-8-6-5-7-9-24)33(18-25-10-12-27(31)13-11-25)29(34)20-36-19-26-15-22(3)14-23(4)16-26/h5-16,21,28H,17-20H2,1-4H3,(H,32,35). The minimum absolute atomic E-state index is 0.0257. The smallest absolute Gasteiger partial charge is 0.243 e. The average Bonchev–Trinajstić information content (AvgIpc) is 2.82. The van der Waals surface area contributed by atoms with Crippen molar-refractivity contribution in [1.82, 2.24) is 10.2 Å². The van der Waals surface area contributed by atoms with Crippen LogP contribution in [-0.2, 0) is 28.3 Å². The molecule has 0 aliphatic heterocycles. The molecule has 0 aliphatic rings. The van der Waals surface area contributed by atoms with E-state index in [-0.39, 0.29) is 17.9 Å². The normalized spacial score (nSPS) is 11.8. The highest BCUT2D eigenvalue weighted by molar-refractivity contribution is 7.99. The van der Waals surface area contributed by atoms with Crippen LogP contribution in [0.2, 0.25) is 5.02 Å². The van der Waals surface area contributed by atoms with E-state index in [2.05, 4.69) is 37.4 Å². The minimum atomic E-state index is -0.625. The van der Waals surface area contributed by atoms with Crippen LogP contribution in [0.3, 0.4) is 0 Å². The number of carbonyl (C=O) groups excluding carboxylic acids is 2. The maximum atomic E-state index is 13.7. The van der Waals surface area contributed by atoms with Crippen LogP contribution in [0, 0.1) is 13.8 Å². The first-order valence-electron chi connectivity index (χ1n) is 12.2. The van der Waals surface area contributed by atoms with E-state index in [0.717, 1.165) is 16.9 Å². The monoisotopic (exact) mass is 522 g/mol. The van der Waals surface area contributed by atoms with Crippen molar-refractivity contribution in [3.05, 3.63) is 106 Å². The molecule has 0 saturated carbocycles. The molecular formula is C30H35ClN2O2S. The van der Waals surface area contributed by atoms with Crippen molar-refractivity contribution in [3.63, 3.8) is 0 Å². The number of halogens is 1. The lowest BCUT2D eigenvalue weighted by molar-refractivity contribution is -0.139. The van der Waals surface area contributed by atoms with E-state index in [4.69, 9.17) is 11.6 Å². The van der Waals surface area contributed by atoms with Gasteiger partial charge >= 0.3 is 0 Å². The Hall–Kier alpha value is -2.76. The molecule has 0 heterocycles. The van der Waals surface area contributed by atoms with Gasteiger partial charge in [0.1, 0.15) is 6.04 Å². The molecule has 190 valence electrons. The molecule has 1 unspecified atom stereocenters. The first-order valence-corrected chi connectivity index (χ1v) is 13.8. The van der Waals surface area contributed by atoms with E-state index in [9.17, 15) is 9.59 Å². The second-order valence-electron chi connectivity index (χ2n) is 9.51. The van der Waals surface area contributed by atoms with Gasteiger partial charge in [-0.25, -0.2) is 0 Å². The number of thioether (sulfide) groups is 1. The van der Waals surface area contributed by atoms with E-state index in [1.807, 2.05) is 68.4 Å². The number of rotatable bonds is 11. The fraction of sp³-hybridized carbons (Fsp3) is 0.333. The Bertz CT molecular complexity index is 1130. The number of amides is 2. The predicted molar refractivity (Wildman–Crippen MR) is 151 cm³/mol. The molecule has 0 aliphatic carbocycles. The maximum Gasteiger partial charge on any atom is 0.243 e. The van der Waals surface area contributed by atoms with Crippen LogP contribution in [0.4, 0.5) is 0 Å². The van der Waals surface area contributed by atoms with Crippen molar-refractivity contribution in [2.75, 3.05) is 5.75 Å². The molecule has 0 saturated heterocycles. The van der Waals surface area contributed by atoms with Gasteiger partial charge in [-0.15, -0.1) is 11.8 Å². The minimum Gasteiger partial charge on any atom is -0.352 e. The second-order valence-corrected chi connectivity index (χ2v) is 10.9. The van der Waals surface area contributed by atoms with Gasteiger partial charge in [0.25, 0.3) is 0 Å². The van der Waals surface area contributed by atoms with Gasteiger partial charge in [0.05, 0.1) is 5.75 Å². The topological polar surface area (TPSA) is 49.4 Å². The lowest BCUT2D eigenvalue weighted by Crippen LogP contribution is -2.52. The zero-order valence-electron chi connectivity index (χ0n) is 21.5. The number of hydrogen-bond donors (Lipinski definition) is 1. The second kappa shape index (κ2) is 13.5. The fourth-order valence-electron chi connectivity index (χ4n) is 4.21. The molecule has 0 aromatic heterocycles. The van der Waals surface area contributed by atoms with Gasteiger partial charge in [-0.3, -0.25) is 9.59 Å². The summed E-state index contributed by atoms with van der Waals surface area (Å²) < 4.78 is 0. The Labute approximate surface area is 224 Å². The molecule has 3 aromatic carbocycles. The molecule has 0 spiro atoms. The van der Waals surface area contributed by atoms with E-state index in [1.165, 1.54) is 16.7 Å². The van der Waals surface area contributed by atoms with Crippen LogP contribution in [-0.4, -0.2) is 34.6 Å². The molecular weight excluding hydrogens is 488 g/mol. The van der Waals surface area contributed by atoms with Gasteiger partial charge in [0.15, 0.2) is 0 Å².